The third kappa shape index (κ3) is 4.93. The number of aliphatic hydroxyl groups excluding tert-OH is 1. The minimum Gasteiger partial charge on any atom is -0.476 e. The molecule has 7 nitrogen and oxygen atoms in total. The van der Waals surface area contributed by atoms with Crippen LogP contribution in [-0.2, 0) is 4.79 Å². The lowest BCUT2D eigenvalue weighted by atomic mass is 10.0. The van der Waals surface area contributed by atoms with Gasteiger partial charge in [0.2, 0.25) is 5.91 Å². The maximum absolute atomic E-state index is 11.7. The summed E-state index contributed by atoms with van der Waals surface area (Å²) in [6.45, 7) is -0.0360. The second-order valence-electron chi connectivity index (χ2n) is 5.65. The average Bonchev–Trinajstić information content (AvgIpc) is 2.66. The zero-order valence-corrected chi connectivity index (χ0v) is 14.9. The Labute approximate surface area is 155 Å². The van der Waals surface area contributed by atoms with Gasteiger partial charge in [0.25, 0.3) is 0 Å². The molecule has 0 aromatic heterocycles. The van der Waals surface area contributed by atoms with Gasteiger partial charge in [0.1, 0.15) is 12.0 Å². The van der Waals surface area contributed by atoms with Crippen LogP contribution in [0, 0.1) is 10.1 Å². The molecule has 0 heterocycles. The highest BCUT2D eigenvalue weighted by Crippen LogP contribution is 2.32. The first-order valence-corrected chi connectivity index (χ1v) is 8.40. The molecule has 0 fully saturated rings. The monoisotopic (exact) mass is 378 g/mol. The van der Waals surface area contributed by atoms with E-state index in [0.717, 1.165) is 0 Å². The summed E-state index contributed by atoms with van der Waals surface area (Å²) < 4.78 is 5.81. The quantitative estimate of drug-likeness (QED) is 0.433. The van der Waals surface area contributed by atoms with Crippen LogP contribution in [0.1, 0.15) is 11.7 Å². The van der Waals surface area contributed by atoms with Gasteiger partial charge < -0.3 is 14.7 Å². The number of carbonyl (C=O) groups excluding carboxylic acids is 1. The fraction of sp³-hybridized carbons (Fsp3) is 0.278. The molecule has 8 heteroatoms. The van der Waals surface area contributed by atoms with E-state index in [-0.39, 0.29) is 29.8 Å². The zero-order valence-electron chi connectivity index (χ0n) is 14.1. The number of amides is 1. The van der Waals surface area contributed by atoms with Crippen molar-refractivity contribution in [2.75, 3.05) is 19.5 Å². The number of rotatable bonds is 8. The molecular formula is C18H19ClN2O5. The molecule has 0 saturated heterocycles. The minimum atomic E-state index is -1.12. The molecule has 138 valence electrons. The van der Waals surface area contributed by atoms with Crippen LogP contribution in [0.25, 0.3) is 0 Å². The number of nitrogens with zero attached hydrogens (tertiary/aromatic N) is 2. The number of benzene rings is 2. The Morgan fingerprint density at radius 3 is 2.46 bits per heavy atom. The van der Waals surface area contributed by atoms with Gasteiger partial charge in [-0.1, -0.05) is 42.5 Å². The maximum atomic E-state index is 11.7. The number of halogens is 1. The van der Waals surface area contributed by atoms with Crippen molar-refractivity contribution in [3.8, 4) is 5.75 Å². The lowest BCUT2D eigenvalue weighted by Crippen LogP contribution is -2.39. The second kappa shape index (κ2) is 9.17. The number of hydrogen-bond acceptors (Lipinski definition) is 5. The van der Waals surface area contributed by atoms with Crippen molar-refractivity contribution in [1.29, 1.82) is 0 Å². The van der Waals surface area contributed by atoms with E-state index < -0.39 is 17.1 Å². The molecule has 0 aliphatic carbocycles. The Kier molecular flexibility index (Phi) is 6.94. The van der Waals surface area contributed by atoms with E-state index in [2.05, 4.69) is 0 Å². The molecule has 2 atom stereocenters. The molecule has 2 unspecified atom stereocenters. The smallest absolute Gasteiger partial charge is 0.310 e. The van der Waals surface area contributed by atoms with Gasteiger partial charge >= 0.3 is 5.69 Å². The van der Waals surface area contributed by atoms with E-state index in [0.29, 0.717) is 5.56 Å². The summed E-state index contributed by atoms with van der Waals surface area (Å²) in [5.41, 5.74) is 0.427. The van der Waals surface area contributed by atoms with Crippen molar-refractivity contribution < 1.29 is 19.6 Å². The van der Waals surface area contributed by atoms with Crippen molar-refractivity contribution in [2.45, 2.75) is 12.2 Å². The average molecular weight is 379 g/mol. The van der Waals surface area contributed by atoms with Gasteiger partial charge in [-0.15, -0.1) is 11.6 Å². The number of likely N-dealkylation sites (N-methyl/N-ethyl adjacent to an activating group) is 1. The van der Waals surface area contributed by atoms with E-state index in [4.69, 9.17) is 16.3 Å². The molecule has 0 aliphatic rings. The highest BCUT2D eigenvalue weighted by molar-refractivity contribution is 6.27. The SMILES string of the molecule is CN(CC(O)C(Oc1ccccc1[N+](=O)[O-])c1ccccc1)C(=O)CCl. The molecule has 0 aliphatic heterocycles. The fourth-order valence-corrected chi connectivity index (χ4v) is 2.64. The van der Waals surface area contributed by atoms with Gasteiger partial charge in [0, 0.05) is 13.1 Å². The molecule has 2 aromatic rings. The number of carbonyl (C=O) groups is 1. The molecule has 0 saturated carbocycles. The van der Waals surface area contributed by atoms with Crippen LogP contribution < -0.4 is 4.74 Å². The first-order chi connectivity index (χ1) is 12.4. The predicted octanol–water partition coefficient (Wildman–Crippen LogP) is 2.77. The third-order valence-corrected chi connectivity index (χ3v) is 4.02. The summed E-state index contributed by atoms with van der Waals surface area (Å²) in [7, 11) is 1.51. The van der Waals surface area contributed by atoms with Gasteiger partial charge in [-0.2, -0.15) is 0 Å². The Balaban J connectivity index is 2.31. The molecule has 26 heavy (non-hydrogen) atoms. The summed E-state index contributed by atoms with van der Waals surface area (Å²) in [6.07, 6.45) is -2.02. The van der Waals surface area contributed by atoms with E-state index in [1.165, 1.54) is 30.1 Å². The van der Waals surface area contributed by atoms with E-state index in [1.807, 2.05) is 0 Å². The predicted molar refractivity (Wildman–Crippen MR) is 97.3 cm³/mol. The first kappa shape index (κ1) is 19.7. The van der Waals surface area contributed by atoms with Gasteiger partial charge in [-0.05, 0) is 11.6 Å². The zero-order chi connectivity index (χ0) is 19.1. The number of hydrogen-bond donors (Lipinski definition) is 1. The first-order valence-electron chi connectivity index (χ1n) is 7.87. The highest BCUT2D eigenvalue weighted by Gasteiger charge is 2.28. The number of para-hydroxylation sites is 2. The lowest BCUT2D eigenvalue weighted by molar-refractivity contribution is -0.386. The van der Waals surface area contributed by atoms with Crippen LogP contribution in [0.3, 0.4) is 0 Å². The van der Waals surface area contributed by atoms with Crippen LogP contribution in [-0.4, -0.2) is 46.4 Å². The lowest BCUT2D eigenvalue weighted by Gasteiger charge is -2.27. The highest BCUT2D eigenvalue weighted by atomic mass is 35.5. The summed E-state index contributed by atoms with van der Waals surface area (Å²) in [5, 5.41) is 21.8. The Bertz CT molecular complexity index is 756. The molecular weight excluding hydrogens is 360 g/mol. The molecule has 1 amide bonds. The van der Waals surface area contributed by atoms with Crippen LogP contribution in [0.4, 0.5) is 5.69 Å². The summed E-state index contributed by atoms with van der Waals surface area (Å²) in [5.74, 6) is -0.510. The Morgan fingerprint density at radius 2 is 1.85 bits per heavy atom. The van der Waals surface area contributed by atoms with Crippen molar-refractivity contribution in [3.05, 3.63) is 70.3 Å². The van der Waals surface area contributed by atoms with Crippen LogP contribution in [0.15, 0.2) is 54.6 Å². The van der Waals surface area contributed by atoms with E-state index >= 15 is 0 Å². The number of ether oxygens (including phenoxy) is 1. The second-order valence-corrected chi connectivity index (χ2v) is 5.92. The van der Waals surface area contributed by atoms with Gasteiger partial charge in [-0.3, -0.25) is 14.9 Å². The minimum absolute atomic E-state index is 0.0360. The summed E-state index contributed by atoms with van der Waals surface area (Å²) >= 11 is 5.53. The fourth-order valence-electron chi connectivity index (χ4n) is 2.44. The number of aliphatic hydroxyl groups is 1. The van der Waals surface area contributed by atoms with Crippen LogP contribution in [0.2, 0.25) is 0 Å². The van der Waals surface area contributed by atoms with Gasteiger partial charge in [0.05, 0.1) is 11.5 Å². The van der Waals surface area contributed by atoms with Crippen molar-refractivity contribution in [3.63, 3.8) is 0 Å². The standard InChI is InChI=1S/C18H19ClN2O5/c1-20(17(23)11-19)12-15(22)18(13-7-3-2-4-8-13)26-16-10-6-5-9-14(16)21(24)25/h2-10,15,18,22H,11-12H2,1H3. The topological polar surface area (TPSA) is 92.9 Å². The largest absolute Gasteiger partial charge is 0.476 e. The molecule has 1 N–H and O–H groups in total. The molecule has 0 radical (unpaired) electrons. The molecule has 2 aromatic carbocycles. The summed E-state index contributed by atoms with van der Waals surface area (Å²) in [6, 6.07) is 14.8. The maximum Gasteiger partial charge on any atom is 0.310 e. The number of nitro benzene ring substituents is 1. The van der Waals surface area contributed by atoms with E-state index in [9.17, 15) is 20.0 Å². The number of alkyl halides is 1. The molecule has 0 bridgehead atoms. The van der Waals surface area contributed by atoms with Gasteiger partial charge in [-0.25, -0.2) is 0 Å². The normalized spacial score (nSPS) is 12.9. The number of nitro groups is 1. The molecule has 2 rings (SSSR count). The Morgan fingerprint density at radius 1 is 1.23 bits per heavy atom. The van der Waals surface area contributed by atoms with Crippen molar-refractivity contribution in [2.24, 2.45) is 0 Å². The summed E-state index contributed by atoms with van der Waals surface area (Å²) in [4.78, 5) is 23.6. The Hall–Kier alpha value is -2.64. The van der Waals surface area contributed by atoms with Gasteiger partial charge in [0.15, 0.2) is 11.9 Å². The van der Waals surface area contributed by atoms with Crippen LogP contribution in [0.5, 0.6) is 5.75 Å². The van der Waals surface area contributed by atoms with Crippen molar-refractivity contribution >= 4 is 23.2 Å². The third-order valence-electron chi connectivity index (χ3n) is 3.79. The van der Waals surface area contributed by atoms with E-state index in [1.54, 1.807) is 36.4 Å². The van der Waals surface area contributed by atoms with Crippen LogP contribution >= 0.6 is 11.6 Å². The van der Waals surface area contributed by atoms with Crippen molar-refractivity contribution in [1.82, 2.24) is 4.90 Å². The molecule has 0 spiro atoms.